The standard InChI is InChI=1S/C14H14BrN3O2/c1-9-4-3-5-16-13(9)8-17-12-6-10(2)14(18(19)20)7-11(12)15/h3-7,17H,8H2,1-2H3. The first-order valence-electron chi connectivity index (χ1n) is 6.08. The lowest BCUT2D eigenvalue weighted by molar-refractivity contribution is -0.385. The SMILES string of the molecule is Cc1cc(NCc2ncccc2C)c(Br)cc1[N+](=O)[O-]. The summed E-state index contributed by atoms with van der Waals surface area (Å²) >= 11 is 3.35. The van der Waals surface area contributed by atoms with Crippen molar-refractivity contribution in [3.05, 3.63) is 61.9 Å². The lowest BCUT2D eigenvalue weighted by atomic mass is 10.1. The van der Waals surface area contributed by atoms with Crippen LogP contribution < -0.4 is 5.32 Å². The number of hydrogen-bond donors (Lipinski definition) is 1. The molecule has 1 aromatic heterocycles. The smallest absolute Gasteiger partial charge is 0.273 e. The molecule has 0 amide bonds. The molecule has 1 N–H and O–H groups in total. The second-order valence-corrected chi connectivity index (χ2v) is 5.35. The molecule has 0 aliphatic carbocycles. The molecule has 0 saturated heterocycles. The molecule has 2 aromatic rings. The van der Waals surface area contributed by atoms with Gasteiger partial charge < -0.3 is 5.32 Å². The van der Waals surface area contributed by atoms with Crippen molar-refractivity contribution in [2.24, 2.45) is 0 Å². The van der Waals surface area contributed by atoms with E-state index >= 15 is 0 Å². The van der Waals surface area contributed by atoms with Crippen LogP contribution in [0.3, 0.4) is 0 Å². The molecule has 0 aliphatic heterocycles. The van der Waals surface area contributed by atoms with Gasteiger partial charge in [-0.25, -0.2) is 0 Å². The zero-order chi connectivity index (χ0) is 14.7. The summed E-state index contributed by atoms with van der Waals surface area (Å²) in [7, 11) is 0. The molecule has 1 aromatic carbocycles. The van der Waals surface area contributed by atoms with Crippen LogP contribution >= 0.6 is 15.9 Å². The Balaban J connectivity index is 2.21. The van der Waals surface area contributed by atoms with Crippen molar-refractivity contribution in [3.8, 4) is 0 Å². The third-order valence-electron chi connectivity index (χ3n) is 3.05. The highest BCUT2D eigenvalue weighted by molar-refractivity contribution is 9.10. The van der Waals surface area contributed by atoms with Gasteiger partial charge in [0.2, 0.25) is 0 Å². The number of anilines is 1. The van der Waals surface area contributed by atoms with E-state index in [0.717, 1.165) is 16.9 Å². The van der Waals surface area contributed by atoms with E-state index in [1.165, 1.54) is 6.07 Å². The fourth-order valence-corrected chi connectivity index (χ4v) is 2.36. The first kappa shape index (κ1) is 14.5. The molecule has 0 saturated carbocycles. The highest BCUT2D eigenvalue weighted by Gasteiger charge is 2.14. The lowest BCUT2D eigenvalue weighted by Crippen LogP contribution is -2.04. The first-order chi connectivity index (χ1) is 9.49. The van der Waals surface area contributed by atoms with Gasteiger partial charge >= 0.3 is 0 Å². The highest BCUT2D eigenvalue weighted by Crippen LogP contribution is 2.30. The number of nitrogens with one attached hydrogen (secondary N) is 1. The quantitative estimate of drug-likeness (QED) is 0.677. The Bertz CT molecular complexity index is 659. The minimum absolute atomic E-state index is 0.108. The predicted molar refractivity (Wildman–Crippen MR) is 81.8 cm³/mol. The fraction of sp³-hybridized carbons (Fsp3) is 0.214. The van der Waals surface area contributed by atoms with E-state index in [0.29, 0.717) is 16.6 Å². The van der Waals surface area contributed by atoms with Gasteiger partial charge in [-0.15, -0.1) is 0 Å². The summed E-state index contributed by atoms with van der Waals surface area (Å²) in [6.45, 7) is 4.30. The van der Waals surface area contributed by atoms with Crippen molar-refractivity contribution >= 4 is 27.3 Å². The summed E-state index contributed by atoms with van der Waals surface area (Å²) in [6, 6.07) is 7.17. The molecule has 104 valence electrons. The number of nitro benzene ring substituents is 1. The average molecular weight is 336 g/mol. The fourth-order valence-electron chi connectivity index (χ4n) is 1.89. The Kier molecular flexibility index (Phi) is 4.34. The van der Waals surface area contributed by atoms with E-state index in [9.17, 15) is 10.1 Å². The van der Waals surface area contributed by atoms with Crippen molar-refractivity contribution in [1.82, 2.24) is 4.98 Å². The average Bonchev–Trinajstić information content (AvgIpc) is 2.40. The van der Waals surface area contributed by atoms with Crippen molar-refractivity contribution in [2.75, 3.05) is 5.32 Å². The Hall–Kier alpha value is -1.95. The number of hydrogen-bond acceptors (Lipinski definition) is 4. The third-order valence-corrected chi connectivity index (χ3v) is 3.70. The van der Waals surface area contributed by atoms with Crippen LogP contribution in [0.1, 0.15) is 16.8 Å². The van der Waals surface area contributed by atoms with Crippen LogP contribution in [0.4, 0.5) is 11.4 Å². The molecule has 6 heteroatoms. The molecular weight excluding hydrogens is 322 g/mol. The zero-order valence-corrected chi connectivity index (χ0v) is 12.8. The largest absolute Gasteiger partial charge is 0.378 e. The van der Waals surface area contributed by atoms with Crippen molar-refractivity contribution in [1.29, 1.82) is 0 Å². The van der Waals surface area contributed by atoms with Gasteiger partial charge in [0.25, 0.3) is 5.69 Å². The second kappa shape index (κ2) is 6.00. The van der Waals surface area contributed by atoms with Gasteiger partial charge in [0, 0.05) is 28.0 Å². The Labute approximate surface area is 125 Å². The van der Waals surface area contributed by atoms with Crippen LogP contribution in [-0.2, 0) is 6.54 Å². The molecule has 20 heavy (non-hydrogen) atoms. The Morgan fingerprint density at radius 2 is 2.10 bits per heavy atom. The van der Waals surface area contributed by atoms with Gasteiger partial charge in [0.1, 0.15) is 0 Å². The maximum atomic E-state index is 10.9. The number of nitro groups is 1. The van der Waals surface area contributed by atoms with E-state index in [4.69, 9.17) is 0 Å². The zero-order valence-electron chi connectivity index (χ0n) is 11.2. The number of benzene rings is 1. The van der Waals surface area contributed by atoms with Gasteiger partial charge in [-0.3, -0.25) is 15.1 Å². The van der Waals surface area contributed by atoms with Crippen LogP contribution in [0.2, 0.25) is 0 Å². The van der Waals surface area contributed by atoms with Gasteiger partial charge in [0.05, 0.1) is 17.2 Å². The molecule has 1 heterocycles. The van der Waals surface area contributed by atoms with Gasteiger partial charge in [-0.1, -0.05) is 6.07 Å². The number of halogens is 1. The van der Waals surface area contributed by atoms with Gasteiger partial charge in [0.15, 0.2) is 0 Å². The maximum absolute atomic E-state index is 10.9. The lowest BCUT2D eigenvalue weighted by Gasteiger charge is -2.11. The Morgan fingerprint density at radius 3 is 2.75 bits per heavy atom. The van der Waals surface area contributed by atoms with Crippen molar-refractivity contribution in [3.63, 3.8) is 0 Å². The first-order valence-corrected chi connectivity index (χ1v) is 6.87. The summed E-state index contributed by atoms with van der Waals surface area (Å²) < 4.78 is 0.670. The predicted octanol–water partition coefficient (Wildman–Crippen LogP) is 3.98. The van der Waals surface area contributed by atoms with E-state index < -0.39 is 0 Å². The molecule has 0 atom stereocenters. The molecule has 5 nitrogen and oxygen atoms in total. The van der Waals surface area contributed by atoms with Crippen LogP contribution in [0.5, 0.6) is 0 Å². The molecule has 0 spiro atoms. The molecule has 0 unspecified atom stereocenters. The number of aryl methyl sites for hydroxylation is 2. The summed E-state index contributed by atoms with van der Waals surface area (Å²) in [5, 5.41) is 14.1. The molecule has 0 aliphatic rings. The minimum atomic E-state index is -0.382. The molecular formula is C14H14BrN3O2. The normalized spacial score (nSPS) is 10.3. The molecule has 0 bridgehead atoms. The number of pyridine rings is 1. The monoisotopic (exact) mass is 335 g/mol. The number of nitrogens with zero attached hydrogens (tertiary/aromatic N) is 2. The number of rotatable bonds is 4. The molecule has 2 rings (SSSR count). The van der Waals surface area contributed by atoms with E-state index in [-0.39, 0.29) is 10.6 Å². The van der Waals surface area contributed by atoms with Crippen molar-refractivity contribution < 1.29 is 4.92 Å². The topological polar surface area (TPSA) is 68.1 Å². The van der Waals surface area contributed by atoms with Gasteiger partial charge in [-0.2, -0.15) is 0 Å². The highest BCUT2D eigenvalue weighted by atomic mass is 79.9. The summed E-state index contributed by atoms with van der Waals surface area (Å²) in [4.78, 5) is 14.8. The minimum Gasteiger partial charge on any atom is -0.378 e. The summed E-state index contributed by atoms with van der Waals surface area (Å²) in [6.07, 6.45) is 1.75. The third kappa shape index (κ3) is 3.14. The number of aromatic nitrogens is 1. The van der Waals surface area contributed by atoms with E-state index in [1.54, 1.807) is 19.2 Å². The molecule has 0 radical (unpaired) electrons. The van der Waals surface area contributed by atoms with Crippen LogP contribution in [0.15, 0.2) is 34.9 Å². The van der Waals surface area contributed by atoms with Gasteiger partial charge in [-0.05, 0) is 47.5 Å². The van der Waals surface area contributed by atoms with Crippen LogP contribution in [-0.4, -0.2) is 9.91 Å². The summed E-state index contributed by atoms with van der Waals surface area (Å²) in [5.41, 5.74) is 3.61. The second-order valence-electron chi connectivity index (χ2n) is 4.50. The maximum Gasteiger partial charge on any atom is 0.273 e. The van der Waals surface area contributed by atoms with E-state index in [1.807, 2.05) is 19.1 Å². The van der Waals surface area contributed by atoms with Crippen LogP contribution in [0.25, 0.3) is 0 Å². The summed E-state index contributed by atoms with van der Waals surface area (Å²) in [5.74, 6) is 0. The van der Waals surface area contributed by atoms with E-state index in [2.05, 4.69) is 26.2 Å². The Morgan fingerprint density at radius 1 is 1.35 bits per heavy atom. The molecule has 0 fully saturated rings. The van der Waals surface area contributed by atoms with Crippen LogP contribution in [0, 0.1) is 24.0 Å². The van der Waals surface area contributed by atoms with Crippen molar-refractivity contribution in [2.45, 2.75) is 20.4 Å².